The number of aryl methyl sites for hydroxylation is 1. The highest BCUT2D eigenvalue weighted by Crippen LogP contribution is 2.16. The molecule has 21 heavy (non-hydrogen) atoms. The monoisotopic (exact) mass is 308 g/mol. The number of benzene rings is 1. The minimum atomic E-state index is -3.26. The van der Waals surface area contributed by atoms with E-state index >= 15 is 0 Å². The van der Waals surface area contributed by atoms with Gasteiger partial charge in [-0.2, -0.15) is 5.10 Å². The molecule has 0 saturated carbocycles. The van der Waals surface area contributed by atoms with E-state index in [0.717, 1.165) is 6.26 Å². The Morgan fingerprint density at radius 3 is 2.43 bits per heavy atom. The van der Waals surface area contributed by atoms with E-state index < -0.39 is 15.7 Å². The molecule has 3 N–H and O–H groups in total. The summed E-state index contributed by atoms with van der Waals surface area (Å²) in [6, 6.07) is 5.89. The lowest BCUT2D eigenvalue weighted by Gasteiger charge is -2.05. The highest BCUT2D eigenvalue weighted by atomic mass is 32.2. The molecule has 0 aliphatic carbocycles. The Labute approximate surface area is 122 Å². The molecule has 0 radical (unpaired) electrons. The van der Waals surface area contributed by atoms with Crippen LogP contribution in [0, 0.1) is 0 Å². The topological polar surface area (TPSA) is 107 Å². The van der Waals surface area contributed by atoms with Gasteiger partial charge in [0.25, 0.3) is 5.91 Å². The number of carbonyl (C=O) groups is 1. The number of rotatable bonds is 4. The smallest absolute Gasteiger partial charge is 0.278 e. The van der Waals surface area contributed by atoms with Crippen LogP contribution < -0.4 is 11.1 Å². The molecule has 0 unspecified atom stereocenters. The number of hydrogen-bond acceptors (Lipinski definition) is 5. The summed E-state index contributed by atoms with van der Waals surface area (Å²) in [6.07, 6.45) is 2.71. The van der Waals surface area contributed by atoms with Crippen molar-refractivity contribution in [3.8, 4) is 0 Å². The number of aromatic nitrogens is 2. The number of anilines is 2. The van der Waals surface area contributed by atoms with Gasteiger partial charge in [-0.3, -0.25) is 9.48 Å². The van der Waals surface area contributed by atoms with E-state index in [0.29, 0.717) is 17.9 Å². The molecule has 1 amide bonds. The number of nitrogens with one attached hydrogen (secondary N) is 1. The molecule has 0 saturated heterocycles. The summed E-state index contributed by atoms with van der Waals surface area (Å²) in [4.78, 5) is 12.3. The Morgan fingerprint density at radius 2 is 1.95 bits per heavy atom. The maximum Gasteiger partial charge on any atom is 0.278 e. The number of nitrogens with two attached hydrogens (primary N) is 1. The van der Waals surface area contributed by atoms with Crippen LogP contribution in [0.1, 0.15) is 17.4 Å². The van der Waals surface area contributed by atoms with Crippen molar-refractivity contribution in [3.63, 3.8) is 0 Å². The van der Waals surface area contributed by atoms with Crippen molar-refractivity contribution in [3.05, 3.63) is 36.2 Å². The highest BCUT2D eigenvalue weighted by molar-refractivity contribution is 7.90. The summed E-state index contributed by atoms with van der Waals surface area (Å²) in [5, 5.41) is 6.69. The quantitative estimate of drug-likeness (QED) is 0.880. The minimum Gasteiger partial charge on any atom is -0.396 e. The predicted molar refractivity (Wildman–Crippen MR) is 79.8 cm³/mol. The van der Waals surface area contributed by atoms with E-state index in [4.69, 9.17) is 5.73 Å². The second-order valence-electron chi connectivity index (χ2n) is 4.54. The zero-order chi connectivity index (χ0) is 15.6. The van der Waals surface area contributed by atoms with E-state index in [2.05, 4.69) is 10.4 Å². The van der Waals surface area contributed by atoms with Gasteiger partial charge in [0.15, 0.2) is 15.5 Å². The van der Waals surface area contributed by atoms with Crippen LogP contribution in [0.25, 0.3) is 0 Å². The van der Waals surface area contributed by atoms with Crippen LogP contribution >= 0.6 is 0 Å². The van der Waals surface area contributed by atoms with Crippen molar-refractivity contribution in [2.24, 2.45) is 0 Å². The first kappa shape index (κ1) is 15.0. The molecule has 0 aliphatic heterocycles. The number of nitrogen functional groups attached to an aromatic ring is 1. The molecule has 7 nitrogen and oxygen atoms in total. The standard InChI is InChI=1S/C13H16N4O3S/c1-3-17-8-11(14)12(16-17)13(18)15-9-4-6-10(7-5-9)21(2,19)20/h4-8H,3,14H2,1-2H3,(H,15,18). The van der Waals surface area contributed by atoms with Crippen LogP contribution in [0.3, 0.4) is 0 Å². The van der Waals surface area contributed by atoms with Crippen molar-refractivity contribution in [1.29, 1.82) is 0 Å². The lowest BCUT2D eigenvalue weighted by atomic mass is 10.3. The minimum absolute atomic E-state index is 0.143. The Kier molecular flexibility index (Phi) is 3.99. The highest BCUT2D eigenvalue weighted by Gasteiger charge is 2.15. The normalized spacial score (nSPS) is 11.3. The number of amides is 1. The zero-order valence-electron chi connectivity index (χ0n) is 11.7. The Bertz CT molecular complexity index is 763. The molecule has 8 heteroatoms. The summed E-state index contributed by atoms with van der Waals surface area (Å²) in [5.74, 6) is -0.438. The second-order valence-corrected chi connectivity index (χ2v) is 6.56. The lowest BCUT2D eigenvalue weighted by molar-refractivity contribution is 0.102. The van der Waals surface area contributed by atoms with E-state index in [1.165, 1.54) is 24.3 Å². The van der Waals surface area contributed by atoms with Gasteiger partial charge in [-0.25, -0.2) is 8.42 Å². The van der Waals surface area contributed by atoms with Crippen molar-refractivity contribution in [2.75, 3.05) is 17.3 Å². The van der Waals surface area contributed by atoms with Gasteiger partial charge in [0.05, 0.1) is 10.6 Å². The van der Waals surface area contributed by atoms with Crippen LogP contribution in [0.2, 0.25) is 0 Å². The third kappa shape index (κ3) is 3.40. The molecular weight excluding hydrogens is 292 g/mol. The first-order valence-corrected chi connectivity index (χ1v) is 8.15. The van der Waals surface area contributed by atoms with Crippen LogP contribution in [0.4, 0.5) is 11.4 Å². The van der Waals surface area contributed by atoms with Crippen molar-refractivity contribution < 1.29 is 13.2 Å². The van der Waals surface area contributed by atoms with Crippen molar-refractivity contribution in [2.45, 2.75) is 18.4 Å². The average Bonchev–Trinajstić information content (AvgIpc) is 2.80. The first-order valence-electron chi connectivity index (χ1n) is 6.25. The SMILES string of the molecule is CCn1cc(N)c(C(=O)Nc2ccc(S(C)(=O)=O)cc2)n1. The van der Waals surface area contributed by atoms with Crippen LogP contribution in [0.15, 0.2) is 35.4 Å². The molecule has 1 aromatic carbocycles. The third-order valence-corrected chi connectivity index (χ3v) is 4.00. The molecule has 0 aliphatic rings. The van der Waals surface area contributed by atoms with E-state index in [-0.39, 0.29) is 10.6 Å². The summed E-state index contributed by atoms with van der Waals surface area (Å²) in [5.41, 5.74) is 6.64. The molecule has 1 heterocycles. The number of carbonyl (C=O) groups excluding carboxylic acids is 1. The summed E-state index contributed by atoms with van der Waals surface area (Å²) in [7, 11) is -3.26. The fourth-order valence-corrected chi connectivity index (χ4v) is 2.38. The molecule has 2 rings (SSSR count). The molecule has 0 spiro atoms. The Hall–Kier alpha value is -2.35. The van der Waals surface area contributed by atoms with Gasteiger partial charge in [0.1, 0.15) is 0 Å². The molecule has 0 fully saturated rings. The molecule has 0 atom stereocenters. The fourth-order valence-electron chi connectivity index (χ4n) is 1.75. The predicted octanol–water partition coefficient (Wildman–Crippen LogP) is 1.14. The van der Waals surface area contributed by atoms with Gasteiger partial charge in [-0.15, -0.1) is 0 Å². The van der Waals surface area contributed by atoms with Crippen LogP contribution in [0.5, 0.6) is 0 Å². The number of sulfone groups is 1. The van der Waals surface area contributed by atoms with E-state index in [1.54, 1.807) is 10.9 Å². The van der Waals surface area contributed by atoms with Gasteiger partial charge < -0.3 is 11.1 Å². The Morgan fingerprint density at radius 1 is 1.33 bits per heavy atom. The molecular formula is C13H16N4O3S. The van der Waals surface area contributed by atoms with E-state index in [9.17, 15) is 13.2 Å². The largest absolute Gasteiger partial charge is 0.396 e. The van der Waals surface area contributed by atoms with Crippen LogP contribution in [-0.4, -0.2) is 30.4 Å². The molecule has 112 valence electrons. The average molecular weight is 308 g/mol. The molecule has 0 bridgehead atoms. The maximum absolute atomic E-state index is 12.1. The number of hydrogen-bond donors (Lipinski definition) is 2. The van der Waals surface area contributed by atoms with Crippen LogP contribution in [-0.2, 0) is 16.4 Å². The number of nitrogens with zero attached hydrogens (tertiary/aromatic N) is 2. The summed E-state index contributed by atoms with van der Waals surface area (Å²) >= 11 is 0. The van der Waals surface area contributed by atoms with Gasteiger partial charge in [-0.1, -0.05) is 0 Å². The third-order valence-electron chi connectivity index (χ3n) is 2.87. The maximum atomic E-state index is 12.1. The molecule has 2 aromatic rings. The van der Waals surface area contributed by atoms with Gasteiger partial charge in [0.2, 0.25) is 0 Å². The summed E-state index contributed by atoms with van der Waals surface area (Å²) < 4.78 is 24.3. The van der Waals surface area contributed by atoms with E-state index in [1.807, 2.05) is 6.92 Å². The first-order chi connectivity index (χ1) is 9.81. The zero-order valence-corrected chi connectivity index (χ0v) is 12.5. The molecule has 1 aromatic heterocycles. The van der Waals surface area contributed by atoms with Crippen molar-refractivity contribution >= 4 is 27.1 Å². The van der Waals surface area contributed by atoms with Gasteiger partial charge >= 0.3 is 0 Å². The fraction of sp³-hybridized carbons (Fsp3) is 0.231. The summed E-state index contributed by atoms with van der Waals surface area (Å²) in [6.45, 7) is 2.50. The second kappa shape index (κ2) is 5.57. The lowest BCUT2D eigenvalue weighted by Crippen LogP contribution is -2.14. The van der Waals surface area contributed by atoms with Gasteiger partial charge in [-0.05, 0) is 31.2 Å². The van der Waals surface area contributed by atoms with Crippen molar-refractivity contribution in [1.82, 2.24) is 9.78 Å². The van der Waals surface area contributed by atoms with Gasteiger partial charge in [0, 0.05) is 24.7 Å². The Balaban J connectivity index is 2.18.